The van der Waals surface area contributed by atoms with E-state index < -0.39 is 0 Å². The lowest BCUT2D eigenvalue weighted by atomic mass is 9.85. The summed E-state index contributed by atoms with van der Waals surface area (Å²) < 4.78 is 0. The Balaban J connectivity index is 2.51. The molecule has 0 aromatic rings. The van der Waals surface area contributed by atoms with Crippen molar-refractivity contribution in [2.45, 2.75) is 26.2 Å². The Labute approximate surface area is 62.2 Å². The summed E-state index contributed by atoms with van der Waals surface area (Å²) in [5.41, 5.74) is -0.0521. The highest BCUT2D eigenvalue weighted by molar-refractivity contribution is 4.96. The Morgan fingerprint density at radius 3 is 2.90 bits per heavy atom. The van der Waals surface area contributed by atoms with Gasteiger partial charge in [0.25, 0.3) is 0 Å². The predicted octanol–water partition coefficient (Wildman–Crippen LogP) is 1.29. The van der Waals surface area contributed by atoms with Crippen LogP contribution in [0.5, 0.6) is 0 Å². The smallest absolute Gasteiger partial charge is 0.0687 e. The van der Waals surface area contributed by atoms with Crippen molar-refractivity contribution in [1.82, 2.24) is 5.32 Å². The first kappa shape index (κ1) is 7.56. The monoisotopic (exact) mass is 138 g/mol. The first-order valence-corrected chi connectivity index (χ1v) is 3.89. The zero-order valence-electron chi connectivity index (χ0n) is 6.48. The molecule has 0 unspecified atom stereocenters. The topological polar surface area (TPSA) is 35.8 Å². The Hall–Kier alpha value is -0.550. The van der Waals surface area contributed by atoms with Gasteiger partial charge in [-0.3, -0.25) is 0 Å². The molecule has 2 nitrogen and oxygen atoms in total. The highest BCUT2D eigenvalue weighted by Crippen LogP contribution is 2.27. The number of nitrogens with one attached hydrogen (secondary N) is 1. The molecule has 56 valence electrons. The van der Waals surface area contributed by atoms with Crippen LogP contribution in [0.3, 0.4) is 0 Å². The van der Waals surface area contributed by atoms with Crippen LogP contribution in [-0.4, -0.2) is 13.1 Å². The van der Waals surface area contributed by atoms with Gasteiger partial charge in [-0.25, -0.2) is 0 Å². The molecule has 1 heterocycles. The molecule has 2 heteroatoms. The van der Waals surface area contributed by atoms with Gasteiger partial charge >= 0.3 is 0 Å². The maximum atomic E-state index is 8.80. The number of nitrogens with zero attached hydrogens (tertiary/aromatic N) is 1. The van der Waals surface area contributed by atoms with Crippen LogP contribution in [0, 0.1) is 16.7 Å². The molecule has 0 bridgehead atoms. The van der Waals surface area contributed by atoms with Crippen LogP contribution in [0.4, 0.5) is 0 Å². The molecule has 1 fully saturated rings. The maximum absolute atomic E-state index is 8.80. The van der Waals surface area contributed by atoms with Crippen LogP contribution in [0.1, 0.15) is 26.2 Å². The van der Waals surface area contributed by atoms with Crippen molar-refractivity contribution >= 4 is 0 Å². The molecule has 1 saturated heterocycles. The van der Waals surface area contributed by atoms with E-state index in [9.17, 15) is 0 Å². The van der Waals surface area contributed by atoms with Gasteiger partial charge in [0.05, 0.1) is 11.5 Å². The third-order valence-corrected chi connectivity index (χ3v) is 2.21. The fraction of sp³-hybridized carbons (Fsp3) is 0.875. The van der Waals surface area contributed by atoms with Gasteiger partial charge in [0.15, 0.2) is 0 Å². The van der Waals surface area contributed by atoms with Crippen LogP contribution in [-0.2, 0) is 0 Å². The van der Waals surface area contributed by atoms with Crippen molar-refractivity contribution in [3.05, 3.63) is 0 Å². The van der Waals surface area contributed by atoms with Gasteiger partial charge in [0.1, 0.15) is 0 Å². The molecule has 0 spiro atoms. The van der Waals surface area contributed by atoms with E-state index in [0.29, 0.717) is 0 Å². The van der Waals surface area contributed by atoms with Gasteiger partial charge in [0, 0.05) is 0 Å². The van der Waals surface area contributed by atoms with Gasteiger partial charge in [0.2, 0.25) is 0 Å². The van der Waals surface area contributed by atoms with E-state index in [0.717, 1.165) is 32.4 Å². The van der Waals surface area contributed by atoms with Gasteiger partial charge in [-0.2, -0.15) is 5.26 Å². The molecular weight excluding hydrogens is 124 g/mol. The van der Waals surface area contributed by atoms with E-state index in [1.54, 1.807) is 0 Å². The number of hydrogen-bond donors (Lipinski definition) is 1. The lowest BCUT2D eigenvalue weighted by Crippen LogP contribution is -2.17. The molecule has 0 radical (unpaired) electrons. The van der Waals surface area contributed by atoms with Crippen LogP contribution >= 0.6 is 0 Å². The van der Waals surface area contributed by atoms with E-state index in [1.165, 1.54) is 0 Å². The fourth-order valence-electron chi connectivity index (χ4n) is 1.33. The molecule has 1 N–H and O–H groups in total. The third-order valence-electron chi connectivity index (χ3n) is 2.21. The van der Waals surface area contributed by atoms with E-state index in [4.69, 9.17) is 5.26 Å². The van der Waals surface area contributed by atoms with Crippen LogP contribution in [0.25, 0.3) is 0 Å². The molecule has 10 heavy (non-hydrogen) atoms. The van der Waals surface area contributed by atoms with Crippen molar-refractivity contribution in [2.24, 2.45) is 5.41 Å². The first-order valence-electron chi connectivity index (χ1n) is 3.89. The molecule has 1 atom stereocenters. The zero-order valence-corrected chi connectivity index (χ0v) is 6.48. The fourth-order valence-corrected chi connectivity index (χ4v) is 1.33. The van der Waals surface area contributed by atoms with Gasteiger partial charge in [-0.15, -0.1) is 0 Å². The maximum Gasteiger partial charge on any atom is 0.0687 e. The van der Waals surface area contributed by atoms with E-state index >= 15 is 0 Å². The molecule has 0 aromatic heterocycles. The van der Waals surface area contributed by atoms with Gasteiger partial charge in [-0.1, -0.05) is 0 Å². The van der Waals surface area contributed by atoms with Crippen LogP contribution in [0.15, 0.2) is 0 Å². The van der Waals surface area contributed by atoms with E-state index in [-0.39, 0.29) is 5.41 Å². The summed E-state index contributed by atoms with van der Waals surface area (Å²) in [5, 5.41) is 12.1. The molecule has 0 saturated carbocycles. The van der Waals surface area contributed by atoms with Crippen molar-refractivity contribution < 1.29 is 0 Å². The summed E-state index contributed by atoms with van der Waals surface area (Å²) in [7, 11) is 0. The van der Waals surface area contributed by atoms with Crippen molar-refractivity contribution in [1.29, 1.82) is 5.26 Å². The lowest BCUT2D eigenvalue weighted by Gasteiger charge is -2.16. The molecular formula is C8H14N2. The molecule has 1 aliphatic heterocycles. The van der Waals surface area contributed by atoms with Crippen LogP contribution < -0.4 is 5.32 Å². The minimum Gasteiger partial charge on any atom is -0.317 e. The van der Waals surface area contributed by atoms with E-state index in [1.807, 2.05) is 0 Å². The van der Waals surface area contributed by atoms with Gasteiger partial charge in [-0.05, 0) is 39.3 Å². The molecule has 0 aliphatic carbocycles. The quantitative estimate of drug-likeness (QED) is 0.547. The Morgan fingerprint density at radius 2 is 2.20 bits per heavy atom. The predicted molar refractivity (Wildman–Crippen MR) is 40.4 cm³/mol. The number of nitriles is 1. The Kier molecular flexibility index (Phi) is 2.29. The second-order valence-electron chi connectivity index (χ2n) is 3.28. The van der Waals surface area contributed by atoms with E-state index in [2.05, 4.69) is 18.3 Å². The highest BCUT2D eigenvalue weighted by atomic mass is 14.9. The summed E-state index contributed by atoms with van der Waals surface area (Å²) in [6, 6.07) is 2.38. The largest absolute Gasteiger partial charge is 0.317 e. The zero-order chi connectivity index (χ0) is 7.45. The van der Waals surface area contributed by atoms with Crippen LogP contribution in [0.2, 0.25) is 0 Å². The minimum atomic E-state index is -0.0521. The van der Waals surface area contributed by atoms with Crippen molar-refractivity contribution in [2.75, 3.05) is 13.1 Å². The second kappa shape index (κ2) is 3.03. The first-order chi connectivity index (χ1) is 4.77. The molecule has 1 rings (SSSR count). The minimum absolute atomic E-state index is 0.0521. The summed E-state index contributed by atoms with van der Waals surface area (Å²) in [4.78, 5) is 0. The van der Waals surface area contributed by atoms with Crippen molar-refractivity contribution in [3.8, 4) is 6.07 Å². The highest BCUT2D eigenvalue weighted by Gasteiger charge is 2.24. The average molecular weight is 138 g/mol. The summed E-state index contributed by atoms with van der Waals surface area (Å²) in [5.74, 6) is 0. The second-order valence-corrected chi connectivity index (χ2v) is 3.28. The molecule has 1 aliphatic rings. The van der Waals surface area contributed by atoms with Gasteiger partial charge < -0.3 is 5.32 Å². The SMILES string of the molecule is C[C@]1(C#N)CCCNCC1. The summed E-state index contributed by atoms with van der Waals surface area (Å²) >= 11 is 0. The Morgan fingerprint density at radius 1 is 1.40 bits per heavy atom. The average Bonchev–Trinajstić information content (AvgIpc) is 2.15. The molecule has 0 amide bonds. The number of hydrogen-bond acceptors (Lipinski definition) is 2. The van der Waals surface area contributed by atoms with Crippen molar-refractivity contribution in [3.63, 3.8) is 0 Å². The number of rotatable bonds is 0. The Bertz CT molecular complexity index is 138. The normalized spacial score (nSPS) is 34.4. The lowest BCUT2D eigenvalue weighted by molar-refractivity contribution is 0.392. The summed E-state index contributed by atoms with van der Waals surface area (Å²) in [6.45, 7) is 4.14. The standard InChI is InChI=1S/C8H14N2/c1-8(7-9)3-2-5-10-6-4-8/h10H,2-6H2,1H3/t8-/m0/s1. The molecule has 0 aromatic carbocycles. The summed E-state index contributed by atoms with van der Waals surface area (Å²) in [6.07, 6.45) is 3.20. The third kappa shape index (κ3) is 1.71.